The fourth-order valence-corrected chi connectivity index (χ4v) is 5.20. The molecule has 2 nitrogen and oxygen atoms in total. The second-order valence-electron chi connectivity index (χ2n) is 8.61. The van der Waals surface area contributed by atoms with Crippen LogP contribution in [0, 0.1) is 0 Å². The summed E-state index contributed by atoms with van der Waals surface area (Å²) in [7, 11) is 0. The molecule has 154 valence electrons. The smallest absolute Gasteiger partial charge is 0.0499 e. The molecule has 0 aliphatic carbocycles. The van der Waals surface area contributed by atoms with E-state index in [9.17, 15) is 0 Å². The average Bonchev–Trinajstić information content (AvgIpc) is 3.27. The average molecular weight is 397 g/mol. The van der Waals surface area contributed by atoms with E-state index in [4.69, 9.17) is 0 Å². The van der Waals surface area contributed by atoms with Crippen LogP contribution >= 0.6 is 0 Å². The molecule has 0 radical (unpaired) electrons. The van der Waals surface area contributed by atoms with Gasteiger partial charge in [0.05, 0.1) is 0 Å². The van der Waals surface area contributed by atoms with E-state index in [0.717, 1.165) is 13.1 Å². The van der Waals surface area contributed by atoms with Crippen molar-refractivity contribution in [2.45, 2.75) is 65.5 Å². The zero-order chi connectivity index (χ0) is 20.5. The van der Waals surface area contributed by atoms with Gasteiger partial charge < -0.3 is 9.13 Å². The van der Waals surface area contributed by atoms with Gasteiger partial charge >= 0.3 is 0 Å². The van der Waals surface area contributed by atoms with Gasteiger partial charge in [0.25, 0.3) is 0 Å². The topological polar surface area (TPSA) is 9.86 Å². The zero-order valence-corrected chi connectivity index (χ0v) is 18.3. The highest BCUT2D eigenvalue weighted by atomic mass is 15.0. The predicted molar refractivity (Wildman–Crippen MR) is 131 cm³/mol. The van der Waals surface area contributed by atoms with E-state index in [-0.39, 0.29) is 0 Å². The van der Waals surface area contributed by atoms with Crippen LogP contribution in [-0.4, -0.2) is 9.13 Å². The Kier molecular flexibility index (Phi) is 5.25. The van der Waals surface area contributed by atoms with Gasteiger partial charge in [-0.15, -0.1) is 0 Å². The number of fused-ring (bicyclic) bond motifs is 7. The summed E-state index contributed by atoms with van der Waals surface area (Å²) in [5.74, 6) is 0. The second kappa shape index (κ2) is 8.18. The largest absolute Gasteiger partial charge is 0.340 e. The van der Waals surface area contributed by atoms with Crippen molar-refractivity contribution < 1.29 is 0 Å². The number of aryl methyl sites for hydroxylation is 2. The summed E-state index contributed by atoms with van der Waals surface area (Å²) in [6.07, 6.45) is 7.56. The molecule has 0 spiro atoms. The van der Waals surface area contributed by atoms with E-state index in [2.05, 4.69) is 83.6 Å². The first kappa shape index (κ1) is 19.2. The Morgan fingerprint density at radius 3 is 1.37 bits per heavy atom. The maximum absolute atomic E-state index is 2.56. The molecule has 0 bridgehead atoms. The lowest BCUT2D eigenvalue weighted by molar-refractivity contribution is 0.626. The molecule has 0 aliphatic rings. The Morgan fingerprint density at radius 1 is 0.500 bits per heavy atom. The Labute approximate surface area is 179 Å². The molecule has 2 heterocycles. The van der Waals surface area contributed by atoms with Crippen molar-refractivity contribution in [3.05, 3.63) is 60.7 Å². The molecule has 0 saturated carbocycles. The van der Waals surface area contributed by atoms with Gasteiger partial charge in [-0.2, -0.15) is 0 Å². The Balaban J connectivity index is 1.83. The lowest BCUT2D eigenvalue weighted by atomic mass is 10.1. The van der Waals surface area contributed by atoms with Gasteiger partial charge in [0, 0.05) is 56.7 Å². The molecule has 2 aromatic heterocycles. The fourth-order valence-electron chi connectivity index (χ4n) is 5.20. The van der Waals surface area contributed by atoms with Crippen LogP contribution in [0.5, 0.6) is 0 Å². The Hall–Kier alpha value is -2.74. The van der Waals surface area contributed by atoms with E-state index in [1.54, 1.807) is 0 Å². The highest BCUT2D eigenvalue weighted by Crippen LogP contribution is 2.40. The highest BCUT2D eigenvalue weighted by molar-refractivity contribution is 6.28. The van der Waals surface area contributed by atoms with Crippen molar-refractivity contribution in [3.8, 4) is 0 Å². The first-order valence-electron chi connectivity index (χ1n) is 11.8. The van der Waals surface area contributed by atoms with E-state index < -0.39 is 0 Å². The summed E-state index contributed by atoms with van der Waals surface area (Å²) in [6.45, 7) is 6.75. The maximum atomic E-state index is 2.56. The van der Waals surface area contributed by atoms with Crippen molar-refractivity contribution in [1.29, 1.82) is 0 Å². The number of benzene rings is 3. The van der Waals surface area contributed by atoms with Crippen LogP contribution in [0.3, 0.4) is 0 Å². The molecule has 0 unspecified atom stereocenters. The van der Waals surface area contributed by atoms with Crippen molar-refractivity contribution in [2.24, 2.45) is 0 Å². The molecule has 2 heteroatoms. The third-order valence-corrected chi connectivity index (χ3v) is 6.64. The molecule has 3 aromatic carbocycles. The van der Waals surface area contributed by atoms with Crippen LogP contribution in [-0.2, 0) is 13.1 Å². The Morgan fingerprint density at radius 2 is 0.933 bits per heavy atom. The molecule has 30 heavy (non-hydrogen) atoms. The predicted octanol–water partition coefficient (Wildman–Crippen LogP) is 8.28. The van der Waals surface area contributed by atoms with E-state index in [1.807, 2.05) is 0 Å². The fraction of sp³-hybridized carbons (Fsp3) is 0.357. The minimum Gasteiger partial charge on any atom is -0.340 e. The quantitative estimate of drug-likeness (QED) is 0.233. The molecule has 0 fully saturated rings. The van der Waals surface area contributed by atoms with Crippen LogP contribution in [0.2, 0.25) is 0 Å². The van der Waals surface area contributed by atoms with Gasteiger partial charge in [-0.25, -0.2) is 0 Å². The van der Waals surface area contributed by atoms with Gasteiger partial charge in [-0.1, -0.05) is 75.9 Å². The summed E-state index contributed by atoms with van der Waals surface area (Å²) in [5.41, 5.74) is 5.52. The van der Waals surface area contributed by atoms with Crippen LogP contribution < -0.4 is 0 Å². The number of rotatable bonds is 8. The van der Waals surface area contributed by atoms with Crippen LogP contribution in [0.4, 0.5) is 0 Å². The van der Waals surface area contributed by atoms with Gasteiger partial charge in [0.15, 0.2) is 0 Å². The van der Waals surface area contributed by atoms with Gasteiger partial charge in [0.1, 0.15) is 0 Å². The highest BCUT2D eigenvalue weighted by Gasteiger charge is 2.18. The number of unbranched alkanes of at least 4 members (excludes halogenated alkanes) is 4. The molecule has 0 aliphatic heterocycles. The molecule has 5 rings (SSSR count). The number of hydrogen-bond donors (Lipinski definition) is 0. The molecule has 5 aromatic rings. The molecule has 0 amide bonds. The summed E-state index contributed by atoms with van der Waals surface area (Å²) in [5, 5.41) is 5.66. The third kappa shape index (κ3) is 3.01. The zero-order valence-electron chi connectivity index (χ0n) is 18.3. The first-order valence-corrected chi connectivity index (χ1v) is 11.8. The summed E-state index contributed by atoms with van der Waals surface area (Å²) in [4.78, 5) is 0. The molecule has 0 atom stereocenters. The van der Waals surface area contributed by atoms with Gasteiger partial charge in [-0.05, 0) is 37.1 Å². The van der Waals surface area contributed by atoms with Gasteiger partial charge in [0.2, 0.25) is 0 Å². The number of hydrogen-bond acceptors (Lipinski definition) is 0. The molecular weight excluding hydrogens is 364 g/mol. The van der Waals surface area contributed by atoms with Gasteiger partial charge in [-0.3, -0.25) is 0 Å². The first-order chi connectivity index (χ1) is 14.8. The molecule has 0 N–H and O–H groups in total. The van der Waals surface area contributed by atoms with Crippen molar-refractivity contribution in [2.75, 3.05) is 0 Å². The van der Waals surface area contributed by atoms with Crippen molar-refractivity contribution in [3.63, 3.8) is 0 Å². The van der Waals surface area contributed by atoms with E-state index in [1.165, 1.54) is 82.1 Å². The summed E-state index contributed by atoms with van der Waals surface area (Å²) >= 11 is 0. The molecule has 0 saturated heterocycles. The minimum atomic E-state index is 1.10. The Bertz CT molecular complexity index is 1220. The van der Waals surface area contributed by atoms with Crippen LogP contribution in [0.15, 0.2) is 60.7 Å². The lowest BCUT2D eigenvalue weighted by Crippen LogP contribution is -1.98. The second-order valence-corrected chi connectivity index (χ2v) is 8.61. The number of para-hydroxylation sites is 2. The van der Waals surface area contributed by atoms with E-state index in [0.29, 0.717) is 0 Å². The maximum Gasteiger partial charge on any atom is 0.0499 e. The third-order valence-electron chi connectivity index (χ3n) is 6.64. The minimum absolute atomic E-state index is 1.10. The summed E-state index contributed by atoms with van der Waals surface area (Å²) in [6, 6.07) is 22.7. The van der Waals surface area contributed by atoms with Crippen LogP contribution in [0.1, 0.15) is 52.4 Å². The lowest BCUT2D eigenvalue weighted by Gasteiger charge is -2.08. The monoisotopic (exact) mass is 396 g/mol. The van der Waals surface area contributed by atoms with Crippen molar-refractivity contribution in [1.82, 2.24) is 9.13 Å². The van der Waals surface area contributed by atoms with Crippen molar-refractivity contribution >= 4 is 43.6 Å². The van der Waals surface area contributed by atoms with Crippen LogP contribution in [0.25, 0.3) is 43.6 Å². The number of aromatic nitrogens is 2. The van der Waals surface area contributed by atoms with E-state index >= 15 is 0 Å². The normalized spacial score (nSPS) is 12.1. The number of nitrogens with zero attached hydrogens (tertiary/aromatic N) is 2. The standard InChI is InChI=1S/C28H32N2/c1-3-5-11-19-29-23-15-9-7-13-21(23)27-25(29)17-18-26-28(27)22-14-8-10-16-24(22)30(26)20-12-6-4-2/h7-10,13-18H,3-6,11-12,19-20H2,1-2H3. The molecular formula is C28H32N2. The summed E-state index contributed by atoms with van der Waals surface area (Å²) < 4.78 is 5.12. The SMILES string of the molecule is CCCCCn1c2ccccc2c2c3c4ccccc4n(CCCCC)c3ccc21.